The lowest BCUT2D eigenvalue weighted by atomic mass is 10.1. The van der Waals surface area contributed by atoms with Crippen LogP contribution in [-0.4, -0.2) is 18.1 Å². The normalized spacial score (nSPS) is 10.6. The highest BCUT2D eigenvalue weighted by Gasteiger charge is 2.23. The summed E-state index contributed by atoms with van der Waals surface area (Å²) in [5.74, 6) is -2.08. The van der Waals surface area contributed by atoms with E-state index < -0.39 is 29.5 Å². The van der Waals surface area contributed by atoms with Crippen molar-refractivity contribution in [3.8, 4) is 0 Å². The molecule has 0 atom stereocenters. The van der Waals surface area contributed by atoms with Crippen molar-refractivity contribution in [3.05, 3.63) is 28.8 Å². The van der Waals surface area contributed by atoms with E-state index in [4.69, 9.17) is 0 Å². The molecule has 0 unspecified atom stereocenters. The molecule has 1 aromatic heterocycles. The largest absolute Gasteiger partial charge is 0.464 e. The lowest BCUT2D eigenvalue weighted by Gasteiger charge is -2.09. The summed E-state index contributed by atoms with van der Waals surface area (Å²) in [6, 6.07) is 0. The van der Waals surface area contributed by atoms with Crippen LogP contribution in [0.2, 0.25) is 0 Å². The molecule has 0 amide bonds. The SMILES string of the molecule is COC(=O)c1ncc(C(F)F)c(CBr)c1F. The minimum absolute atomic E-state index is 0.134. The predicted molar refractivity (Wildman–Crippen MR) is 53.1 cm³/mol. The Labute approximate surface area is 97.8 Å². The van der Waals surface area contributed by atoms with Crippen LogP contribution in [0.3, 0.4) is 0 Å². The Hall–Kier alpha value is -1.11. The summed E-state index contributed by atoms with van der Waals surface area (Å²) in [7, 11) is 1.05. The molecule has 1 heterocycles. The zero-order valence-corrected chi connectivity index (χ0v) is 9.72. The quantitative estimate of drug-likeness (QED) is 0.636. The molecule has 0 bridgehead atoms. The molecule has 0 aromatic carbocycles. The Morgan fingerprint density at radius 2 is 2.25 bits per heavy atom. The Kier molecular flexibility index (Phi) is 4.28. The molecule has 88 valence electrons. The fraction of sp³-hybridized carbons (Fsp3) is 0.333. The summed E-state index contributed by atoms with van der Waals surface area (Å²) in [5.41, 5.74) is -1.42. The van der Waals surface area contributed by atoms with Crippen LogP contribution in [0.1, 0.15) is 28.0 Å². The molecule has 0 aliphatic carbocycles. The van der Waals surface area contributed by atoms with Crippen LogP contribution in [-0.2, 0) is 10.1 Å². The highest BCUT2D eigenvalue weighted by molar-refractivity contribution is 9.08. The minimum Gasteiger partial charge on any atom is -0.464 e. The molecule has 0 saturated carbocycles. The molecular formula is C9H7BrF3NO2. The number of ether oxygens (including phenoxy) is 1. The summed E-state index contributed by atoms with van der Waals surface area (Å²) in [4.78, 5) is 14.4. The van der Waals surface area contributed by atoms with E-state index >= 15 is 0 Å². The molecule has 16 heavy (non-hydrogen) atoms. The van der Waals surface area contributed by atoms with Crippen molar-refractivity contribution >= 4 is 21.9 Å². The third-order valence-electron chi connectivity index (χ3n) is 1.90. The first kappa shape index (κ1) is 13.0. The zero-order chi connectivity index (χ0) is 12.3. The maximum absolute atomic E-state index is 13.6. The lowest BCUT2D eigenvalue weighted by molar-refractivity contribution is 0.0587. The van der Waals surface area contributed by atoms with Crippen molar-refractivity contribution in [1.29, 1.82) is 0 Å². The number of halogens is 4. The van der Waals surface area contributed by atoms with Gasteiger partial charge in [-0.15, -0.1) is 0 Å². The molecule has 0 fully saturated rings. The minimum atomic E-state index is -2.85. The van der Waals surface area contributed by atoms with E-state index in [1.165, 1.54) is 0 Å². The standard InChI is InChI=1S/C9H7BrF3NO2/c1-16-9(15)7-6(11)4(2-10)5(3-14-7)8(12)13/h3,8H,2H2,1H3. The van der Waals surface area contributed by atoms with E-state index in [0.717, 1.165) is 13.3 Å². The Balaban J connectivity index is 3.34. The van der Waals surface area contributed by atoms with Gasteiger partial charge in [0, 0.05) is 22.7 Å². The van der Waals surface area contributed by atoms with Crippen LogP contribution in [0.5, 0.6) is 0 Å². The van der Waals surface area contributed by atoms with Gasteiger partial charge in [0.25, 0.3) is 6.43 Å². The van der Waals surface area contributed by atoms with Crippen molar-refractivity contribution in [1.82, 2.24) is 4.98 Å². The Morgan fingerprint density at radius 3 is 2.69 bits per heavy atom. The molecule has 7 heteroatoms. The van der Waals surface area contributed by atoms with E-state index in [1.54, 1.807) is 0 Å². The fourth-order valence-electron chi connectivity index (χ4n) is 1.10. The number of hydrogen-bond donors (Lipinski definition) is 0. The monoisotopic (exact) mass is 297 g/mol. The van der Waals surface area contributed by atoms with Gasteiger partial charge in [-0.2, -0.15) is 0 Å². The average molecular weight is 298 g/mol. The van der Waals surface area contributed by atoms with Crippen LogP contribution in [0.15, 0.2) is 6.20 Å². The van der Waals surface area contributed by atoms with Gasteiger partial charge in [-0.1, -0.05) is 15.9 Å². The number of rotatable bonds is 3. The first-order valence-corrected chi connectivity index (χ1v) is 5.24. The van der Waals surface area contributed by atoms with Gasteiger partial charge >= 0.3 is 5.97 Å². The number of methoxy groups -OCH3 is 1. The number of alkyl halides is 3. The second-order valence-corrected chi connectivity index (χ2v) is 3.34. The molecule has 0 saturated heterocycles. The van der Waals surface area contributed by atoms with Gasteiger partial charge in [-0.25, -0.2) is 22.9 Å². The van der Waals surface area contributed by atoms with Crippen LogP contribution >= 0.6 is 15.9 Å². The van der Waals surface area contributed by atoms with Crippen LogP contribution in [0.25, 0.3) is 0 Å². The molecule has 0 spiro atoms. The van der Waals surface area contributed by atoms with Crippen molar-refractivity contribution in [2.45, 2.75) is 11.8 Å². The topological polar surface area (TPSA) is 39.2 Å². The summed E-state index contributed by atoms with van der Waals surface area (Å²) in [5, 5.41) is -0.134. The van der Waals surface area contributed by atoms with Gasteiger partial charge in [-0.3, -0.25) is 0 Å². The second-order valence-electron chi connectivity index (χ2n) is 2.78. The lowest BCUT2D eigenvalue weighted by Crippen LogP contribution is -2.11. The van der Waals surface area contributed by atoms with Crippen molar-refractivity contribution < 1.29 is 22.7 Å². The summed E-state index contributed by atoms with van der Waals surface area (Å²) in [6.07, 6.45) is -2.07. The van der Waals surface area contributed by atoms with Gasteiger partial charge in [0.1, 0.15) is 0 Å². The van der Waals surface area contributed by atoms with Crippen molar-refractivity contribution in [2.24, 2.45) is 0 Å². The van der Waals surface area contributed by atoms with E-state index in [-0.39, 0.29) is 10.9 Å². The van der Waals surface area contributed by atoms with Crippen molar-refractivity contribution in [3.63, 3.8) is 0 Å². The third kappa shape index (κ3) is 2.34. The Bertz CT molecular complexity index is 412. The zero-order valence-electron chi connectivity index (χ0n) is 8.14. The smallest absolute Gasteiger partial charge is 0.359 e. The van der Waals surface area contributed by atoms with Gasteiger partial charge in [0.2, 0.25) is 0 Å². The molecule has 1 rings (SSSR count). The molecular weight excluding hydrogens is 291 g/mol. The first-order chi connectivity index (χ1) is 7.52. The Morgan fingerprint density at radius 1 is 1.62 bits per heavy atom. The number of esters is 1. The first-order valence-electron chi connectivity index (χ1n) is 4.12. The highest BCUT2D eigenvalue weighted by Crippen LogP contribution is 2.27. The number of aromatic nitrogens is 1. The number of nitrogens with zero attached hydrogens (tertiary/aromatic N) is 1. The number of hydrogen-bond acceptors (Lipinski definition) is 3. The molecule has 3 nitrogen and oxygen atoms in total. The summed E-state index contributed by atoms with van der Waals surface area (Å²) < 4.78 is 42.8. The van der Waals surface area contributed by atoms with Gasteiger partial charge in [0.05, 0.1) is 7.11 Å². The van der Waals surface area contributed by atoms with Gasteiger partial charge in [0.15, 0.2) is 11.5 Å². The van der Waals surface area contributed by atoms with Crippen LogP contribution in [0, 0.1) is 5.82 Å². The number of carbonyl (C=O) groups is 1. The molecule has 0 aliphatic heterocycles. The summed E-state index contributed by atoms with van der Waals surface area (Å²) in [6.45, 7) is 0. The highest BCUT2D eigenvalue weighted by atomic mass is 79.9. The average Bonchev–Trinajstić information content (AvgIpc) is 2.27. The second kappa shape index (κ2) is 5.29. The van der Waals surface area contributed by atoms with Crippen LogP contribution in [0.4, 0.5) is 13.2 Å². The summed E-state index contributed by atoms with van der Waals surface area (Å²) >= 11 is 2.88. The van der Waals surface area contributed by atoms with Crippen LogP contribution < -0.4 is 0 Å². The van der Waals surface area contributed by atoms with Gasteiger partial charge < -0.3 is 4.74 Å². The molecule has 0 radical (unpaired) electrons. The molecule has 1 aromatic rings. The number of pyridine rings is 1. The van der Waals surface area contributed by atoms with E-state index in [1.807, 2.05) is 0 Å². The predicted octanol–water partition coefficient (Wildman–Crippen LogP) is 2.84. The maximum Gasteiger partial charge on any atom is 0.359 e. The molecule has 0 aliphatic rings. The van der Waals surface area contributed by atoms with E-state index in [0.29, 0.717) is 0 Å². The molecule has 0 N–H and O–H groups in total. The van der Waals surface area contributed by atoms with E-state index in [9.17, 15) is 18.0 Å². The third-order valence-corrected chi connectivity index (χ3v) is 2.46. The fourth-order valence-corrected chi connectivity index (χ4v) is 1.67. The maximum atomic E-state index is 13.6. The van der Waals surface area contributed by atoms with Crippen molar-refractivity contribution in [2.75, 3.05) is 7.11 Å². The van der Waals surface area contributed by atoms with E-state index in [2.05, 4.69) is 25.7 Å². The number of carbonyl (C=O) groups excluding carboxylic acids is 1. The van der Waals surface area contributed by atoms with Gasteiger partial charge in [-0.05, 0) is 0 Å².